The fourth-order valence-corrected chi connectivity index (χ4v) is 7.02. The van der Waals surface area contributed by atoms with Crippen LogP contribution in [0.2, 0.25) is 0 Å². The van der Waals surface area contributed by atoms with Crippen LogP contribution in [0.4, 0.5) is 5.69 Å². The summed E-state index contributed by atoms with van der Waals surface area (Å²) in [5.74, 6) is 1.55. The third kappa shape index (κ3) is 2.08. The van der Waals surface area contributed by atoms with Gasteiger partial charge in [-0.25, -0.2) is 9.88 Å². The monoisotopic (exact) mass is 387 g/mol. The van der Waals surface area contributed by atoms with Gasteiger partial charge in [0.25, 0.3) is 0 Å². The first kappa shape index (κ1) is 16.4. The van der Waals surface area contributed by atoms with Gasteiger partial charge in [0.1, 0.15) is 0 Å². The number of rotatable bonds is 2. The van der Waals surface area contributed by atoms with E-state index in [1.165, 1.54) is 43.4 Å². The molecule has 1 aromatic heterocycles. The Morgan fingerprint density at radius 3 is 2.28 bits per heavy atom. The molecule has 5 aliphatic carbocycles. The number of benzene rings is 1. The van der Waals surface area contributed by atoms with Crippen molar-refractivity contribution in [1.82, 2.24) is 9.55 Å². The number of carbonyl (C=O) groups excluding carboxylic acids is 2. The minimum atomic E-state index is -0.142. The van der Waals surface area contributed by atoms with E-state index in [1.807, 2.05) is 18.5 Å². The molecule has 6 aliphatic rings. The predicted molar refractivity (Wildman–Crippen MR) is 109 cm³/mol. The lowest BCUT2D eigenvalue weighted by molar-refractivity contribution is -0.124. The molecular formula is C24H25N3O2. The van der Waals surface area contributed by atoms with Crippen molar-refractivity contribution in [2.45, 2.75) is 44.6 Å². The second kappa shape index (κ2) is 5.59. The lowest BCUT2D eigenvalue weighted by Gasteiger charge is -2.37. The normalized spacial score (nSPS) is 38.0. The topological polar surface area (TPSA) is 55.2 Å². The summed E-state index contributed by atoms with van der Waals surface area (Å²) in [4.78, 5) is 32.8. The maximum atomic E-state index is 13.3. The molecule has 3 saturated carbocycles. The highest BCUT2D eigenvalue weighted by molar-refractivity contribution is 6.23. The molecule has 2 amide bonds. The van der Waals surface area contributed by atoms with Gasteiger partial charge >= 0.3 is 0 Å². The van der Waals surface area contributed by atoms with Crippen LogP contribution in [0.5, 0.6) is 0 Å². The van der Waals surface area contributed by atoms with Crippen LogP contribution in [0.15, 0.2) is 36.7 Å². The molecule has 0 spiro atoms. The average Bonchev–Trinajstić information content (AvgIpc) is 3.42. The second-order valence-electron chi connectivity index (χ2n) is 9.78. The zero-order chi connectivity index (χ0) is 19.3. The Kier molecular flexibility index (Phi) is 3.15. The minimum Gasteiger partial charge on any atom is -0.327 e. The van der Waals surface area contributed by atoms with Crippen molar-refractivity contribution < 1.29 is 9.59 Å². The molecule has 2 bridgehead atoms. The van der Waals surface area contributed by atoms with Gasteiger partial charge in [0.15, 0.2) is 0 Å². The van der Waals surface area contributed by atoms with Crippen LogP contribution in [-0.2, 0) is 9.59 Å². The van der Waals surface area contributed by atoms with Crippen molar-refractivity contribution in [3.05, 3.63) is 36.7 Å². The third-order valence-electron chi connectivity index (χ3n) is 8.45. The molecule has 2 heterocycles. The highest BCUT2D eigenvalue weighted by atomic mass is 16.2. The molecule has 8 rings (SSSR count). The summed E-state index contributed by atoms with van der Waals surface area (Å²) in [5, 5.41) is 0. The van der Waals surface area contributed by atoms with E-state index in [-0.39, 0.29) is 35.5 Å². The van der Waals surface area contributed by atoms with E-state index in [9.17, 15) is 9.59 Å². The van der Waals surface area contributed by atoms with Gasteiger partial charge in [0, 0.05) is 6.04 Å². The first-order chi connectivity index (χ1) is 14.2. The number of carbonyl (C=O) groups is 2. The fourth-order valence-electron chi connectivity index (χ4n) is 7.02. The number of hydrogen-bond donors (Lipinski definition) is 0. The van der Waals surface area contributed by atoms with Crippen LogP contribution in [0.3, 0.4) is 0 Å². The summed E-state index contributed by atoms with van der Waals surface area (Å²) in [6.07, 6.45) is 13.9. The van der Waals surface area contributed by atoms with Crippen LogP contribution in [0.1, 0.15) is 44.6 Å². The Hall–Kier alpha value is -2.43. The molecule has 5 nitrogen and oxygen atoms in total. The van der Waals surface area contributed by atoms with E-state index in [4.69, 9.17) is 0 Å². The molecule has 4 fully saturated rings. The lowest BCUT2D eigenvalue weighted by Crippen LogP contribution is -2.40. The molecule has 1 aromatic carbocycles. The summed E-state index contributed by atoms with van der Waals surface area (Å²) < 4.78 is 2.29. The zero-order valence-electron chi connectivity index (χ0n) is 16.4. The molecule has 0 radical (unpaired) electrons. The quantitative estimate of drug-likeness (QED) is 0.576. The van der Waals surface area contributed by atoms with Gasteiger partial charge in [-0.1, -0.05) is 31.4 Å². The van der Waals surface area contributed by atoms with Crippen molar-refractivity contribution in [3.8, 4) is 0 Å². The number of amides is 2. The first-order valence-corrected chi connectivity index (χ1v) is 11.2. The van der Waals surface area contributed by atoms with Crippen LogP contribution in [-0.4, -0.2) is 21.4 Å². The number of imidazole rings is 1. The maximum absolute atomic E-state index is 13.3. The summed E-state index contributed by atoms with van der Waals surface area (Å²) in [7, 11) is 0. The van der Waals surface area contributed by atoms with Crippen molar-refractivity contribution in [2.24, 2.45) is 35.5 Å². The number of hydrogen-bond acceptors (Lipinski definition) is 3. The van der Waals surface area contributed by atoms with E-state index in [0.717, 1.165) is 11.0 Å². The Morgan fingerprint density at radius 1 is 0.897 bits per heavy atom. The van der Waals surface area contributed by atoms with E-state index < -0.39 is 0 Å². The van der Waals surface area contributed by atoms with E-state index >= 15 is 0 Å². The molecule has 2 aromatic rings. The number of fused-ring (bicyclic) bond motifs is 1. The minimum absolute atomic E-state index is 0.00997. The van der Waals surface area contributed by atoms with Gasteiger partial charge in [-0.2, -0.15) is 0 Å². The van der Waals surface area contributed by atoms with Crippen LogP contribution < -0.4 is 4.90 Å². The van der Waals surface area contributed by atoms with Gasteiger partial charge in [0.05, 0.1) is 34.9 Å². The summed E-state index contributed by atoms with van der Waals surface area (Å²) in [5.41, 5.74) is 2.69. The predicted octanol–water partition coefficient (Wildman–Crippen LogP) is 4.10. The summed E-state index contributed by atoms with van der Waals surface area (Å²) in [6.45, 7) is 0. The van der Waals surface area contributed by atoms with E-state index in [1.54, 1.807) is 0 Å². The van der Waals surface area contributed by atoms with E-state index in [2.05, 4.69) is 27.8 Å². The Bertz CT molecular complexity index is 1040. The molecule has 1 saturated heterocycles. The lowest BCUT2D eigenvalue weighted by atomic mass is 9.63. The van der Waals surface area contributed by atoms with Gasteiger partial charge < -0.3 is 4.57 Å². The van der Waals surface area contributed by atoms with Gasteiger partial charge in [-0.3, -0.25) is 9.59 Å². The summed E-state index contributed by atoms with van der Waals surface area (Å²) in [6, 6.07) is 6.47. The van der Waals surface area contributed by atoms with Crippen molar-refractivity contribution in [2.75, 3.05) is 4.90 Å². The van der Waals surface area contributed by atoms with E-state index in [0.29, 0.717) is 23.6 Å². The van der Waals surface area contributed by atoms with Crippen molar-refractivity contribution in [1.29, 1.82) is 0 Å². The SMILES string of the molecule is O=C1[C@@H]2[C@@H]3C=C[C@H]([C@H]4C[C@@H]34)[C@@H]2C(=O)N1c1ccc2c(c1)ncn2C1CCCCC1. The van der Waals surface area contributed by atoms with Gasteiger partial charge in [0.2, 0.25) is 11.8 Å². The molecule has 6 atom stereocenters. The maximum Gasteiger partial charge on any atom is 0.238 e. The van der Waals surface area contributed by atoms with Crippen molar-refractivity contribution >= 4 is 28.5 Å². The average molecular weight is 387 g/mol. The Labute approximate surface area is 169 Å². The number of anilines is 1. The highest BCUT2D eigenvalue weighted by Gasteiger charge is 2.67. The van der Waals surface area contributed by atoms with Crippen LogP contribution in [0.25, 0.3) is 11.0 Å². The standard InChI is InChI=1S/C24H25N3O2/c28-23-21-15-7-8-16(18-11-17(15)18)22(21)24(29)27(23)14-6-9-20-19(10-14)25-12-26(20)13-4-2-1-3-5-13/h6-10,12-13,15-18,21-22H,1-5,11H2/t15-,16-,17-,18+,21+,22-/m1/s1. The third-order valence-corrected chi connectivity index (χ3v) is 8.45. The van der Waals surface area contributed by atoms with Crippen molar-refractivity contribution in [3.63, 3.8) is 0 Å². The zero-order valence-corrected chi connectivity index (χ0v) is 16.4. The summed E-state index contributed by atoms with van der Waals surface area (Å²) >= 11 is 0. The molecule has 5 heteroatoms. The Balaban J connectivity index is 1.25. The number of aromatic nitrogens is 2. The number of allylic oxidation sites excluding steroid dienone is 2. The smallest absolute Gasteiger partial charge is 0.238 e. The molecule has 0 N–H and O–H groups in total. The molecule has 0 unspecified atom stereocenters. The number of imide groups is 1. The van der Waals surface area contributed by atoms with Gasteiger partial charge in [-0.05, 0) is 61.1 Å². The molecule has 1 aliphatic heterocycles. The van der Waals surface area contributed by atoms with Gasteiger partial charge in [-0.15, -0.1) is 0 Å². The highest BCUT2D eigenvalue weighted by Crippen LogP contribution is 2.65. The second-order valence-corrected chi connectivity index (χ2v) is 9.78. The fraction of sp³-hybridized carbons (Fsp3) is 0.542. The number of nitrogens with zero attached hydrogens (tertiary/aromatic N) is 3. The molecule has 148 valence electrons. The first-order valence-electron chi connectivity index (χ1n) is 11.2. The Morgan fingerprint density at radius 2 is 1.59 bits per heavy atom. The van der Waals surface area contributed by atoms with Crippen LogP contribution >= 0.6 is 0 Å². The van der Waals surface area contributed by atoms with Crippen LogP contribution in [0, 0.1) is 35.5 Å². The molecule has 29 heavy (non-hydrogen) atoms. The largest absolute Gasteiger partial charge is 0.327 e. The molecular weight excluding hydrogens is 362 g/mol.